The summed E-state index contributed by atoms with van der Waals surface area (Å²) in [7, 11) is 0. The van der Waals surface area contributed by atoms with Gasteiger partial charge >= 0.3 is 0 Å². The van der Waals surface area contributed by atoms with Crippen LogP contribution in [0.15, 0.2) is 65.7 Å². The van der Waals surface area contributed by atoms with E-state index in [1.54, 1.807) is 23.1 Å². The molecular weight excluding hydrogens is 382 g/mol. The lowest BCUT2D eigenvalue weighted by atomic mass is 10.2. The predicted molar refractivity (Wildman–Crippen MR) is 114 cm³/mol. The van der Waals surface area contributed by atoms with E-state index in [4.69, 9.17) is 0 Å². The number of piperazine rings is 1. The van der Waals surface area contributed by atoms with Gasteiger partial charge in [0.1, 0.15) is 6.54 Å². The van der Waals surface area contributed by atoms with Crippen molar-refractivity contribution in [3.8, 4) is 0 Å². The minimum absolute atomic E-state index is 0.0365. The third kappa shape index (κ3) is 4.55. The van der Waals surface area contributed by atoms with E-state index >= 15 is 0 Å². The molecule has 3 aromatic rings. The van der Waals surface area contributed by atoms with Gasteiger partial charge in [0.05, 0.1) is 23.8 Å². The first-order valence-corrected chi connectivity index (χ1v) is 9.89. The van der Waals surface area contributed by atoms with Crippen LogP contribution in [0.2, 0.25) is 0 Å². The Morgan fingerprint density at radius 3 is 2.37 bits per heavy atom. The fraction of sp³-hybridized carbons (Fsp3) is 0.273. The minimum Gasteiger partial charge on any atom is -0.339 e. The summed E-state index contributed by atoms with van der Waals surface area (Å²) in [5, 5.41) is 3.37. The first kappa shape index (κ1) is 19.8. The fourth-order valence-corrected chi connectivity index (χ4v) is 3.54. The van der Waals surface area contributed by atoms with Crippen molar-refractivity contribution in [3.63, 3.8) is 0 Å². The number of carbonyl (C=O) groups is 2. The maximum Gasteiger partial charge on any atom is 0.261 e. The molecule has 8 heteroatoms. The van der Waals surface area contributed by atoms with Crippen LogP contribution < -0.4 is 10.9 Å². The van der Waals surface area contributed by atoms with Crippen LogP contribution in [0, 0.1) is 0 Å². The van der Waals surface area contributed by atoms with E-state index in [9.17, 15) is 14.4 Å². The zero-order chi connectivity index (χ0) is 20.9. The Balaban J connectivity index is 1.30. The Kier molecular flexibility index (Phi) is 5.85. The second-order valence-corrected chi connectivity index (χ2v) is 7.27. The van der Waals surface area contributed by atoms with E-state index in [1.165, 1.54) is 10.9 Å². The largest absolute Gasteiger partial charge is 0.339 e. The van der Waals surface area contributed by atoms with Crippen molar-refractivity contribution in [3.05, 3.63) is 71.3 Å². The van der Waals surface area contributed by atoms with Crippen molar-refractivity contribution in [2.75, 3.05) is 38.0 Å². The number of carbonyl (C=O) groups excluding carboxylic acids is 2. The van der Waals surface area contributed by atoms with Gasteiger partial charge in [-0.25, -0.2) is 4.98 Å². The summed E-state index contributed by atoms with van der Waals surface area (Å²) in [5.41, 5.74) is 1.17. The average Bonchev–Trinajstić information content (AvgIpc) is 2.77. The van der Waals surface area contributed by atoms with Crippen LogP contribution in [0.1, 0.15) is 0 Å². The van der Waals surface area contributed by atoms with Crippen molar-refractivity contribution in [1.29, 1.82) is 0 Å². The normalized spacial score (nSPS) is 14.6. The fourth-order valence-electron chi connectivity index (χ4n) is 3.54. The Labute approximate surface area is 173 Å². The maximum absolute atomic E-state index is 12.7. The van der Waals surface area contributed by atoms with Gasteiger partial charge in [0.15, 0.2) is 0 Å². The molecule has 1 aliphatic heterocycles. The van der Waals surface area contributed by atoms with Gasteiger partial charge in [-0.05, 0) is 24.3 Å². The lowest BCUT2D eigenvalue weighted by Crippen LogP contribution is -2.51. The van der Waals surface area contributed by atoms with Gasteiger partial charge in [-0.2, -0.15) is 0 Å². The van der Waals surface area contributed by atoms with Crippen LogP contribution in [-0.4, -0.2) is 63.9 Å². The molecule has 0 bridgehead atoms. The Hall–Kier alpha value is -3.52. The van der Waals surface area contributed by atoms with Crippen molar-refractivity contribution in [2.45, 2.75) is 6.54 Å². The second-order valence-electron chi connectivity index (χ2n) is 7.27. The molecule has 1 N–H and O–H groups in total. The quantitative estimate of drug-likeness (QED) is 0.689. The molecule has 0 aliphatic carbocycles. The number of para-hydroxylation sites is 2. The number of nitrogens with zero attached hydrogens (tertiary/aromatic N) is 4. The average molecular weight is 405 g/mol. The van der Waals surface area contributed by atoms with Crippen molar-refractivity contribution in [1.82, 2.24) is 19.4 Å². The Bertz CT molecular complexity index is 1100. The second kappa shape index (κ2) is 8.87. The van der Waals surface area contributed by atoms with Gasteiger partial charge in [0.25, 0.3) is 5.56 Å². The van der Waals surface area contributed by atoms with Gasteiger partial charge in [-0.1, -0.05) is 30.3 Å². The molecule has 30 heavy (non-hydrogen) atoms. The van der Waals surface area contributed by atoms with Gasteiger partial charge in [0.2, 0.25) is 11.8 Å². The third-order valence-electron chi connectivity index (χ3n) is 5.19. The highest BCUT2D eigenvalue weighted by atomic mass is 16.2. The number of anilines is 1. The number of hydrogen-bond donors (Lipinski definition) is 1. The van der Waals surface area contributed by atoms with Crippen LogP contribution >= 0.6 is 0 Å². The lowest BCUT2D eigenvalue weighted by molar-refractivity contribution is -0.133. The summed E-state index contributed by atoms with van der Waals surface area (Å²) in [6.07, 6.45) is 1.42. The lowest BCUT2D eigenvalue weighted by Gasteiger charge is -2.34. The van der Waals surface area contributed by atoms with E-state index in [2.05, 4.69) is 10.3 Å². The number of fused-ring (bicyclic) bond motifs is 1. The van der Waals surface area contributed by atoms with Crippen molar-refractivity contribution < 1.29 is 9.59 Å². The van der Waals surface area contributed by atoms with Crippen LogP contribution in [0.4, 0.5) is 5.69 Å². The molecule has 2 amide bonds. The Morgan fingerprint density at radius 1 is 0.900 bits per heavy atom. The van der Waals surface area contributed by atoms with Crippen LogP contribution in [0.5, 0.6) is 0 Å². The van der Waals surface area contributed by atoms with Gasteiger partial charge < -0.3 is 10.2 Å². The standard InChI is InChI=1S/C22H23N5O3/c28-20(24-17-6-2-1-3-7-17)14-25-10-12-26(13-11-25)21(29)15-27-16-23-19-9-5-4-8-18(19)22(27)30/h1-9,16H,10-15H2,(H,24,28). The first-order chi connectivity index (χ1) is 14.6. The molecule has 2 heterocycles. The van der Waals surface area contributed by atoms with Crippen molar-refractivity contribution in [2.24, 2.45) is 0 Å². The number of hydrogen-bond acceptors (Lipinski definition) is 5. The van der Waals surface area contributed by atoms with Crippen LogP contribution in [0.25, 0.3) is 10.9 Å². The highest BCUT2D eigenvalue weighted by molar-refractivity contribution is 5.92. The summed E-state index contributed by atoms with van der Waals surface area (Å²) >= 11 is 0. The topological polar surface area (TPSA) is 87.5 Å². The van der Waals surface area contributed by atoms with E-state index in [0.717, 1.165) is 5.69 Å². The van der Waals surface area contributed by atoms with E-state index in [-0.39, 0.29) is 30.5 Å². The maximum atomic E-state index is 12.7. The minimum atomic E-state index is -0.217. The highest BCUT2D eigenvalue weighted by Gasteiger charge is 2.23. The number of amides is 2. The molecule has 1 aromatic heterocycles. The summed E-state index contributed by atoms with van der Waals surface area (Å²) in [4.78, 5) is 45.4. The van der Waals surface area contributed by atoms with Crippen LogP contribution in [-0.2, 0) is 16.1 Å². The molecule has 0 atom stereocenters. The van der Waals surface area contributed by atoms with E-state index < -0.39 is 0 Å². The summed E-state index contributed by atoms with van der Waals surface area (Å²) in [5.74, 6) is -0.197. The van der Waals surface area contributed by atoms with E-state index in [1.807, 2.05) is 41.3 Å². The smallest absolute Gasteiger partial charge is 0.261 e. The molecule has 1 saturated heterocycles. The van der Waals surface area contributed by atoms with E-state index in [0.29, 0.717) is 37.1 Å². The molecule has 1 aliphatic rings. The summed E-state index contributed by atoms with van der Waals surface area (Å²) < 4.78 is 1.35. The molecule has 154 valence electrons. The summed E-state index contributed by atoms with van der Waals surface area (Å²) in [6.45, 7) is 2.51. The number of nitrogens with one attached hydrogen (secondary N) is 1. The SMILES string of the molecule is O=C(CN1CCN(C(=O)Cn2cnc3ccccc3c2=O)CC1)Nc1ccccc1. The van der Waals surface area contributed by atoms with Gasteiger partial charge in [-0.3, -0.25) is 23.9 Å². The summed E-state index contributed by atoms with van der Waals surface area (Å²) in [6, 6.07) is 16.4. The monoisotopic (exact) mass is 405 g/mol. The predicted octanol–water partition coefficient (Wildman–Crippen LogP) is 1.18. The molecule has 1 fully saturated rings. The van der Waals surface area contributed by atoms with Crippen LogP contribution in [0.3, 0.4) is 0 Å². The molecule has 2 aromatic carbocycles. The molecule has 0 unspecified atom stereocenters. The number of rotatable bonds is 5. The molecule has 8 nitrogen and oxygen atoms in total. The third-order valence-corrected chi connectivity index (χ3v) is 5.19. The van der Waals surface area contributed by atoms with Gasteiger partial charge in [-0.15, -0.1) is 0 Å². The van der Waals surface area contributed by atoms with Crippen molar-refractivity contribution >= 4 is 28.4 Å². The number of aromatic nitrogens is 2. The molecule has 0 radical (unpaired) electrons. The molecular formula is C22H23N5O3. The Morgan fingerprint density at radius 2 is 1.60 bits per heavy atom. The molecule has 4 rings (SSSR count). The highest BCUT2D eigenvalue weighted by Crippen LogP contribution is 2.08. The molecule has 0 saturated carbocycles. The molecule has 0 spiro atoms. The zero-order valence-corrected chi connectivity index (χ0v) is 16.5. The number of benzene rings is 2. The van der Waals surface area contributed by atoms with Gasteiger partial charge in [0, 0.05) is 31.9 Å². The first-order valence-electron chi connectivity index (χ1n) is 9.89. The zero-order valence-electron chi connectivity index (χ0n) is 16.5.